The summed E-state index contributed by atoms with van der Waals surface area (Å²) in [4.78, 5) is 12.5. The second kappa shape index (κ2) is 8.78. The van der Waals surface area contributed by atoms with Crippen molar-refractivity contribution in [3.8, 4) is 0 Å². The highest BCUT2D eigenvalue weighted by molar-refractivity contribution is 6.42. The first-order valence-electron chi connectivity index (χ1n) is 9.88. The summed E-state index contributed by atoms with van der Waals surface area (Å²) in [7, 11) is 1.66. The molecule has 1 aliphatic carbocycles. The third-order valence-electron chi connectivity index (χ3n) is 5.75. The first-order chi connectivity index (χ1) is 14.1. The smallest absolute Gasteiger partial charge is 0.251 e. The van der Waals surface area contributed by atoms with Crippen molar-refractivity contribution in [1.29, 1.82) is 0 Å². The molecule has 2 aromatic carbocycles. The number of benzene rings is 2. The van der Waals surface area contributed by atoms with Gasteiger partial charge in [-0.3, -0.25) is 4.79 Å². The molecule has 0 spiro atoms. The molecule has 0 saturated heterocycles. The monoisotopic (exact) mass is 430 g/mol. The van der Waals surface area contributed by atoms with Crippen LogP contribution in [0.2, 0.25) is 10.0 Å². The third-order valence-corrected chi connectivity index (χ3v) is 6.59. The van der Waals surface area contributed by atoms with Crippen molar-refractivity contribution in [3.63, 3.8) is 0 Å². The number of fused-ring (bicyclic) bond motifs is 3. The van der Waals surface area contributed by atoms with Gasteiger partial charge < -0.3 is 15.4 Å². The highest BCUT2D eigenvalue weighted by atomic mass is 35.5. The normalized spacial score (nSPS) is 22.0. The van der Waals surface area contributed by atoms with Crippen LogP contribution >= 0.6 is 23.2 Å². The summed E-state index contributed by atoms with van der Waals surface area (Å²) in [5, 5.41) is 7.78. The van der Waals surface area contributed by atoms with E-state index in [2.05, 4.69) is 22.8 Å². The van der Waals surface area contributed by atoms with Gasteiger partial charge in [-0.05, 0) is 54.2 Å². The summed E-state index contributed by atoms with van der Waals surface area (Å²) in [6.45, 7) is 1.24. The molecule has 0 saturated carbocycles. The van der Waals surface area contributed by atoms with E-state index in [0.717, 1.165) is 29.7 Å². The Balaban J connectivity index is 1.60. The standard InChI is InChI=1S/C23H24Cl2N2O2/c1-29-12-4-11-26-23(28)14-9-10-20-18(13-14)15-5-2-6-16(15)22(27-20)17-7-3-8-19(24)21(17)25/h2-3,5,7-10,13,15-16,22,27H,4,6,11-12H2,1H3,(H,26,28). The van der Waals surface area contributed by atoms with E-state index >= 15 is 0 Å². The number of amides is 1. The molecular weight excluding hydrogens is 407 g/mol. The van der Waals surface area contributed by atoms with Crippen molar-refractivity contribution >= 4 is 34.8 Å². The number of halogens is 2. The van der Waals surface area contributed by atoms with E-state index in [1.54, 1.807) is 7.11 Å². The SMILES string of the molecule is COCCCNC(=O)c1ccc2c(c1)C1C=CCC1C(c1cccc(Cl)c1Cl)N2. The van der Waals surface area contributed by atoms with Crippen molar-refractivity contribution in [2.75, 3.05) is 25.6 Å². The van der Waals surface area contributed by atoms with Crippen LogP contribution in [0.3, 0.4) is 0 Å². The molecule has 152 valence electrons. The number of carbonyl (C=O) groups is 1. The summed E-state index contributed by atoms with van der Waals surface area (Å²) < 4.78 is 5.03. The van der Waals surface area contributed by atoms with Gasteiger partial charge in [0, 0.05) is 37.4 Å². The Morgan fingerprint density at radius 3 is 2.93 bits per heavy atom. The van der Waals surface area contributed by atoms with Gasteiger partial charge in [-0.2, -0.15) is 0 Å². The number of methoxy groups -OCH3 is 1. The van der Waals surface area contributed by atoms with Crippen LogP contribution in [0.5, 0.6) is 0 Å². The molecule has 2 aromatic rings. The van der Waals surface area contributed by atoms with Crippen LogP contribution < -0.4 is 10.6 Å². The molecule has 3 unspecified atom stereocenters. The third kappa shape index (κ3) is 4.02. The molecule has 1 heterocycles. The van der Waals surface area contributed by atoms with Gasteiger partial charge in [0.25, 0.3) is 5.91 Å². The second-order valence-electron chi connectivity index (χ2n) is 7.52. The average molecular weight is 431 g/mol. The summed E-state index contributed by atoms with van der Waals surface area (Å²) >= 11 is 12.8. The van der Waals surface area contributed by atoms with Gasteiger partial charge in [0.05, 0.1) is 16.1 Å². The average Bonchev–Trinajstić information content (AvgIpc) is 3.22. The van der Waals surface area contributed by atoms with Gasteiger partial charge in [-0.1, -0.05) is 47.5 Å². The number of hydrogen-bond donors (Lipinski definition) is 2. The van der Waals surface area contributed by atoms with Crippen LogP contribution in [-0.4, -0.2) is 26.2 Å². The van der Waals surface area contributed by atoms with E-state index in [1.807, 2.05) is 36.4 Å². The van der Waals surface area contributed by atoms with Crippen molar-refractivity contribution in [2.24, 2.45) is 5.92 Å². The van der Waals surface area contributed by atoms with Gasteiger partial charge in [0.1, 0.15) is 0 Å². The lowest BCUT2D eigenvalue weighted by atomic mass is 9.76. The van der Waals surface area contributed by atoms with E-state index in [0.29, 0.717) is 34.7 Å². The number of nitrogens with one attached hydrogen (secondary N) is 2. The van der Waals surface area contributed by atoms with Crippen molar-refractivity contribution < 1.29 is 9.53 Å². The summed E-state index contributed by atoms with van der Waals surface area (Å²) in [6, 6.07) is 11.7. The van der Waals surface area contributed by atoms with Crippen molar-refractivity contribution in [3.05, 3.63) is 75.3 Å². The first kappa shape index (κ1) is 20.3. The second-order valence-corrected chi connectivity index (χ2v) is 8.31. The molecule has 3 atom stereocenters. The van der Waals surface area contributed by atoms with Crippen molar-refractivity contribution in [2.45, 2.75) is 24.8 Å². The zero-order valence-electron chi connectivity index (χ0n) is 16.3. The van der Waals surface area contributed by atoms with Gasteiger partial charge in [0.2, 0.25) is 0 Å². The van der Waals surface area contributed by atoms with Crippen LogP contribution in [0.15, 0.2) is 48.6 Å². The first-order valence-corrected chi connectivity index (χ1v) is 10.6. The molecular formula is C23H24Cl2N2O2. The molecule has 2 N–H and O–H groups in total. The fraction of sp³-hybridized carbons (Fsp3) is 0.348. The van der Waals surface area contributed by atoms with Crippen molar-refractivity contribution in [1.82, 2.24) is 5.32 Å². The van der Waals surface area contributed by atoms with Crippen LogP contribution in [0.4, 0.5) is 5.69 Å². The molecule has 0 bridgehead atoms. The lowest BCUT2D eigenvalue weighted by Crippen LogP contribution is -2.30. The van der Waals surface area contributed by atoms with Crippen LogP contribution in [0.25, 0.3) is 0 Å². The van der Waals surface area contributed by atoms with E-state index < -0.39 is 0 Å². The summed E-state index contributed by atoms with van der Waals surface area (Å²) in [5.41, 5.74) is 3.89. The Bertz CT molecular complexity index is 944. The molecule has 4 rings (SSSR count). The highest BCUT2D eigenvalue weighted by Gasteiger charge is 2.39. The minimum Gasteiger partial charge on any atom is -0.385 e. The summed E-state index contributed by atoms with van der Waals surface area (Å²) in [5.74, 6) is 0.522. The summed E-state index contributed by atoms with van der Waals surface area (Å²) in [6.07, 6.45) is 6.22. The molecule has 4 nitrogen and oxygen atoms in total. The van der Waals surface area contributed by atoms with E-state index in [4.69, 9.17) is 27.9 Å². The van der Waals surface area contributed by atoms with Gasteiger partial charge in [0.15, 0.2) is 0 Å². The lowest BCUT2D eigenvalue weighted by Gasteiger charge is -2.38. The van der Waals surface area contributed by atoms with E-state index in [1.165, 1.54) is 0 Å². The Morgan fingerprint density at radius 2 is 2.10 bits per heavy atom. The van der Waals surface area contributed by atoms with Crippen LogP contribution in [0.1, 0.15) is 46.3 Å². The Kier molecular flexibility index (Phi) is 6.14. The van der Waals surface area contributed by atoms with Gasteiger partial charge in [-0.25, -0.2) is 0 Å². The fourth-order valence-electron chi connectivity index (χ4n) is 4.32. The molecule has 2 aliphatic rings. The molecule has 0 fully saturated rings. The maximum Gasteiger partial charge on any atom is 0.251 e. The minimum absolute atomic E-state index is 0.0533. The maximum atomic E-state index is 12.5. The Labute approximate surface area is 181 Å². The molecule has 29 heavy (non-hydrogen) atoms. The quantitative estimate of drug-likeness (QED) is 0.463. The molecule has 1 amide bonds. The topological polar surface area (TPSA) is 50.4 Å². The predicted octanol–water partition coefficient (Wildman–Crippen LogP) is 5.59. The number of rotatable bonds is 6. The van der Waals surface area contributed by atoms with Gasteiger partial charge >= 0.3 is 0 Å². The highest BCUT2D eigenvalue weighted by Crippen LogP contribution is 2.51. The Morgan fingerprint density at radius 1 is 1.24 bits per heavy atom. The van der Waals surface area contributed by atoms with Crippen LogP contribution in [0, 0.1) is 5.92 Å². The zero-order chi connectivity index (χ0) is 20.4. The van der Waals surface area contributed by atoms with E-state index in [-0.39, 0.29) is 17.9 Å². The number of carbonyl (C=O) groups excluding carboxylic acids is 1. The number of anilines is 1. The molecule has 6 heteroatoms. The van der Waals surface area contributed by atoms with Gasteiger partial charge in [-0.15, -0.1) is 0 Å². The Hall–Kier alpha value is -2.01. The van der Waals surface area contributed by atoms with E-state index in [9.17, 15) is 4.79 Å². The molecule has 1 aliphatic heterocycles. The maximum absolute atomic E-state index is 12.5. The lowest BCUT2D eigenvalue weighted by molar-refractivity contribution is 0.0948. The number of hydrogen-bond acceptors (Lipinski definition) is 3. The zero-order valence-corrected chi connectivity index (χ0v) is 17.8. The number of allylic oxidation sites excluding steroid dienone is 2. The fourth-order valence-corrected chi connectivity index (χ4v) is 4.75. The predicted molar refractivity (Wildman–Crippen MR) is 118 cm³/mol. The van der Waals surface area contributed by atoms with Crippen LogP contribution in [-0.2, 0) is 4.74 Å². The minimum atomic E-state index is -0.0533. The molecule has 0 radical (unpaired) electrons. The largest absolute Gasteiger partial charge is 0.385 e. The molecule has 0 aromatic heterocycles. The number of ether oxygens (including phenoxy) is 1.